The summed E-state index contributed by atoms with van der Waals surface area (Å²) >= 11 is 0. The molecule has 4 bridgehead atoms. The van der Waals surface area contributed by atoms with Crippen LogP contribution in [0.5, 0.6) is 5.75 Å². The zero-order valence-corrected chi connectivity index (χ0v) is 18.9. The molecule has 4 fully saturated rings. The minimum absolute atomic E-state index is 0.00571. The Morgan fingerprint density at radius 1 is 1.06 bits per heavy atom. The van der Waals surface area contributed by atoms with Crippen LogP contribution in [0.2, 0.25) is 0 Å². The van der Waals surface area contributed by atoms with E-state index in [2.05, 4.69) is 0 Å². The molecule has 2 aliphatic carbocycles. The van der Waals surface area contributed by atoms with Crippen molar-refractivity contribution >= 4 is 29.4 Å². The second-order valence-corrected chi connectivity index (χ2v) is 9.89. The van der Waals surface area contributed by atoms with E-state index in [1.54, 1.807) is 6.07 Å². The number of Topliss-reactive ketones (excluding diaryl/α,β-unsaturated/α-hetero) is 1. The summed E-state index contributed by atoms with van der Waals surface area (Å²) in [7, 11) is 4.06. The van der Waals surface area contributed by atoms with Gasteiger partial charge in [-0.25, -0.2) is 9.59 Å². The first-order valence-corrected chi connectivity index (χ1v) is 11.3. The van der Waals surface area contributed by atoms with E-state index in [1.165, 1.54) is 26.2 Å². The molecule has 33 heavy (non-hydrogen) atoms. The van der Waals surface area contributed by atoms with Crippen molar-refractivity contribution in [2.45, 2.75) is 49.1 Å². The molecule has 5 unspecified atom stereocenters. The van der Waals surface area contributed by atoms with E-state index in [0.29, 0.717) is 49.1 Å². The molecule has 3 aliphatic heterocycles. The standard InChI is InChI=1S/C24H26N2O7/c1-31-16-6-4-5-13-18(16)26(21(30)33-3)23(20(29)32-2)10-9-22-8-7-17(28)25-12-14(15(27)11-22)24(13,23)19(22)25/h4-6,14,19H,7-12H2,1-3H3. The van der Waals surface area contributed by atoms with Crippen LogP contribution in [-0.4, -0.2) is 68.1 Å². The molecule has 1 aromatic rings. The van der Waals surface area contributed by atoms with Crippen molar-refractivity contribution in [1.29, 1.82) is 0 Å². The molecule has 2 saturated heterocycles. The van der Waals surface area contributed by atoms with E-state index < -0.39 is 34.3 Å². The maximum Gasteiger partial charge on any atom is 0.415 e. The number of esters is 1. The van der Waals surface area contributed by atoms with E-state index in [-0.39, 0.29) is 24.3 Å². The summed E-state index contributed by atoms with van der Waals surface area (Å²) in [4.78, 5) is 57.3. The van der Waals surface area contributed by atoms with Crippen LogP contribution >= 0.6 is 0 Å². The van der Waals surface area contributed by atoms with Crippen LogP contribution in [0.3, 0.4) is 0 Å². The zero-order chi connectivity index (χ0) is 23.3. The van der Waals surface area contributed by atoms with Gasteiger partial charge in [-0.3, -0.25) is 14.5 Å². The highest BCUT2D eigenvalue weighted by Gasteiger charge is 2.85. The van der Waals surface area contributed by atoms with Gasteiger partial charge in [-0.05, 0) is 36.3 Å². The van der Waals surface area contributed by atoms with Gasteiger partial charge < -0.3 is 19.1 Å². The number of para-hydroxylation sites is 1. The number of hydrogen-bond donors (Lipinski definition) is 0. The third-order valence-electron chi connectivity index (χ3n) is 9.14. The molecular formula is C24H26N2O7. The maximum atomic E-state index is 13.9. The topological polar surface area (TPSA) is 102 Å². The van der Waals surface area contributed by atoms with Gasteiger partial charge in [0.2, 0.25) is 5.91 Å². The summed E-state index contributed by atoms with van der Waals surface area (Å²) in [5.41, 5.74) is -1.97. The van der Waals surface area contributed by atoms with Crippen LogP contribution in [0.1, 0.15) is 37.7 Å². The number of ether oxygens (including phenoxy) is 3. The minimum Gasteiger partial charge on any atom is -0.495 e. The Bertz CT molecular complexity index is 1130. The number of carbonyl (C=O) groups is 4. The van der Waals surface area contributed by atoms with Gasteiger partial charge in [-0.2, -0.15) is 0 Å². The first-order chi connectivity index (χ1) is 15.8. The predicted octanol–water partition coefficient (Wildman–Crippen LogP) is 1.80. The van der Waals surface area contributed by atoms with E-state index >= 15 is 0 Å². The molecule has 1 aromatic carbocycles. The number of fused-ring (bicyclic) bond motifs is 1. The van der Waals surface area contributed by atoms with Crippen LogP contribution < -0.4 is 9.64 Å². The summed E-state index contributed by atoms with van der Waals surface area (Å²) in [5.74, 6) is -0.787. The Morgan fingerprint density at radius 3 is 2.55 bits per heavy atom. The van der Waals surface area contributed by atoms with Gasteiger partial charge in [-0.15, -0.1) is 0 Å². The summed E-state index contributed by atoms with van der Waals surface area (Å²) in [6.07, 6.45) is 1.51. The molecule has 0 aromatic heterocycles. The Balaban J connectivity index is 1.78. The maximum absolute atomic E-state index is 13.9. The van der Waals surface area contributed by atoms with E-state index in [9.17, 15) is 19.2 Å². The number of benzene rings is 1. The van der Waals surface area contributed by atoms with Crippen LogP contribution in [-0.2, 0) is 29.3 Å². The molecule has 9 nitrogen and oxygen atoms in total. The van der Waals surface area contributed by atoms with E-state index in [0.717, 1.165) is 0 Å². The van der Waals surface area contributed by atoms with Crippen molar-refractivity contribution < 1.29 is 33.4 Å². The molecule has 3 heterocycles. The normalized spacial score (nSPS) is 37.4. The molecule has 2 saturated carbocycles. The third-order valence-corrected chi connectivity index (χ3v) is 9.14. The number of anilines is 1. The fourth-order valence-corrected chi connectivity index (χ4v) is 8.26. The van der Waals surface area contributed by atoms with Crippen LogP contribution in [0, 0.1) is 11.3 Å². The zero-order valence-electron chi connectivity index (χ0n) is 18.9. The third kappa shape index (κ3) is 1.94. The molecule has 5 atom stereocenters. The lowest BCUT2D eigenvalue weighted by Gasteiger charge is -2.64. The number of amides is 2. The number of piperidine rings is 1. The highest BCUT2D eigenvalue weighted by molar-refractivity contribution is 6.09. The Kier molecular flexibility index (Phi) is 3.90. The number of carbonyl (C=O) groups excluding carboxylic acids is 4. The molecule has 9 heteroatoms. The number of ketones is 1. The number of methoxy groups -OCH3 is 3. The van der Waals surface area contributed by atoms with Gasteiger partial charge in [-0.1, -0.05) is 12.1 Å². The van der Waals surface area contributed by atoms with Crippen molar-refractivity contribution in [2.75, 3.05) is 32.8 Å². The second-order valence-electron chi connectivity index (χ2n) is 9.89. The van der Waals surface area contributed by atoms with Gasteiger partial charge in [0.05, 0.1) is 38.5 Å². The first kappa shape index (κ1) is 20.5. The van der Waals surface area contributed by atoms with Crippen LogP contribution in [0.4, 0.5) is 10.5 Å². The van der Waals surface area contributed by atoms with Crippen molar-refractivity contribution in [2.24, 2.45) is 11.3 Å². The Morgan fingerprint density at radius 2 is 1.85 bits per heavy atom. The molecular weight excluding hydrogens is 428 g/mol. The summed E-state index contributed by atoms with van der Waals surface area (Å²) in [6.45, 7) is 0.245. The number of nitrogens with zero attached hydrogens (tertiary/aromatic N) is 2. The van der Waals surface area contributed by atoms with Crippen molar-refractivity contribution in [1.82, 2.24) is 4.90 Å². The Labute approximate surface area is 190 Å². The monoisotopic (exact) mass is 454 g/mol. The van der Waals surface area contributed by atoms with Gasteiger partial charge in [0, 0.05) is 25.3 Å². The SMILES string of the molecule is COC(=O)N1c2c(OC)cccc2C23C4CN5C(=O)CCC(CCC12C(=O)OC)(CC4=O)C53. The summed E-state index contributed by atoms with van der Waals surface area (Å²) in [6, 6.07) is 5.01. The number of rotatable bonds is 2. The fourth-order valence-electron chi connectivity index (χ4n) is 8.26. The summed E-state index contributed by atoms with van der Waals surface area (Å²) in [5, 5.41) is 0. The lowest BCUT2D eigenvalue weighted by atomic mass is 9.41. The van der Waals surface area contributed by atoms with Crippen LogP contribution in [0.25, 0.3) is 0 Å². The quantitative estimate of drug-likeness (QED) is 0.628. The molecule has 174 valence electrons. The Hall–Kier alpha value is -3.10. The summed E-state index contributed by atoms with van der Waals surface area (Å²) < 4.78 is 16.2. The average molecular weight is 454 g/mol. The molecule has 1 spiro atoms. The van der Waals surface area contributed by atoms with E-state index in [1.807, 2.05) is 17.0 Å². The van der Waals surface area contributed by atoms with Crippen molar-refractivity contribution in [3.05, 3.63) is 23.8 Å². The minimum atomic E-state index is -1.52. The second kappa shape index (κ2) is 6.27. The van der Waals surface area contributed by atoms with Gasteiger partial charge in [0.1, 0.15) is 11.5 Å². The van der Waals surface area contributed by atoms with Crippen LogP contribution in [0.15, 0.2) is 18.2 Å². The molecule has 5 aliphatic rings. The first-order valence-electron chi connectivity index (χ1n) is 11.3. The van der Waals surface area contributed by atoms with E-state index in [4.69, 9.17) is 14.2 Å². The molecule has 0 N–H and O–H groups in total. The van der Waals surface area contributed by atoms with Gasteiger partial charge in [0.15, 0.2) is 5.54 Å². The largest absolute Gasteiger partial charge is 0.495 e. The molecule has 6 rings (SSSR count). The highest BCUT2D eigenvalue weighted by atomic mass is 16.6. The highest BCUT2D eigenvalue weighted by Crippen LogP contribution is 2.74. The predicted molar refractivity (Wildman–Crippen MR) is 114 cm³/mol. The lowest BCUT2D eigenvalue weighted by molar-refractivity contribution is -0.170. The molecule has 0 radical (unpaired) electrons. The average Bonchev–Trinajstić information content (AvgIpc) is 3.30. The van der Waals surface area contributed by atoms with Crippen molar-refractivity contribution in [3.63, 3.8) is 0 Å². The smallest absolute Gasteiger partial charge is 0.415 e. The lowest BCUT2D eigenvalue weighted by Crippen LogP contribution is -2.78. The van der Waals surface area contributed by atoms with Gasteiger partial charge in [0.25, 0.3) is 0 Å². The molecule has 2 amide bonds. The van der Waals surface area contributed by atoms with Gasteiger partial charge >= 0.3 is 12.1 Å². The fraction of sp³-hybridized carbons (Fsp3) is 0.583. The number of hydrogen-bond acceptors (Lipinski definition) is 7. The van der Waals surface area contributed by atoms with Crippen molar-refractivity contribution in [3.8, 4) is 5.75 Å².